The van der Waals surface area contributed by atoms with Gasteiger partial charge < -0.3 is 5.32 Å². The van der Waals surface area contributed by atoms with Gasteiger partial charge in [-0.1, -0.05) is 11.6 Å². The smallest absolute Gasteiger partial charge is 0.141 e. The number of hydrogen-bond donors (Lipinski definition) is 1. The summed E-state index contributed by atoms with van der Waals surface area (Å²) in [6.45, 7) is 4.07. The molecule has 8 heteroatoms. The highest BCUT2D eigenvalue weighted by Crippen LogP contribution is 2.37. The van der Waals surface area contributed by atoms with Crippen molar-refractivity contribution in [1.29, 1.82) is 0 Å². The summed E-state index contributed by atoms with van der Waals surface area (Å²) >= 11 is 9.81. The van der Waals surface area contributed by atoms with Crippen LogP contribution in [0.2, 0.25) is 5.02 Å². The van der Waals surface area contributed by atoms with Crippen LogP contribution >= 0.6 is 34.3 Å². The number of halogens is 1. The first-order valence-electron chi connectivity index (χ1n) is 8.57. The molecule has 0 spiro atoms. The maximum absolute atomic E-state index is 6.54. The number of thiazole rings is 2. The average molecular weight is 424 g/mol. The van der Waals surface area contributed by atoms with Gasteiger partial charge in [-0.2, -0.15) is 0 Å². The second kappa shape index (κ2) is 6.77. The molecule has 28 heavy (non-hydrogen) atoms. The molecule has 1 N–H and O–H groups in total. The lowest BCUT2D eigenvalue weighted by Gasteiger charge is -2.10. The van der Waals surface area contributed by atoms with Gasteiger partial charge >= 0.3 is 0 Å². The van der Waals surface area contributed by atoms with Crippen molar-refractivity contribution in [2.75, 3.05) is 5.32 Å². The number of aryl methyl sites for hydroxylation is 2. The minimum Gasteiger partial charge on any atom is -0.340 e. The zero-order chi connectivity index (χ0) is 19.3. The lowest BCUT2D eigenvalue weighted by Crippen LogP contribution is -1.96. The predicted molar refractivity (Wildman–Crippen MR) is 118 cm³/mol. The van der Waals surface area contributed by atoms with E-state index in [0.29, 0.717) is 5.02 Å². The molecule has 5 rings (SSSR count). The van der Waals surface area contributed by atoms with Crippen molar-refractivity contribution in [1.82, 2.24) is 19.9 Å². The van der Waals surface area contributed by atoms with Crippen LogP contribution in [0.1, 0.15) is 10.6 Å². The number of fused-ring (bicyclic) bond motifs is 2. The van der Waals surface area contributed by atoms with Crippen molar-refractivity contribution in [3.05, 3.63) is 57.8 Å². The maximum atomic E-state index is 6.54. The Morgan fingerprint density at radius 3 is 2.71 bits per heavy atom. The predicted octanol–water partition coefficient (Wildman–Crippen LogP) is 6.38. The number of anilines is 2. The van der Waals surface area contributed by atoms with Crippen LogP contribution in [-0.2, 0) is 0 Å². The Balaban J connectivity index is 1.63. The fraction of sp³-hybridized carbons (Fsp3) is 0.100. The van der Waals surface area contributed by atoms with Gasteiger partial charge in [0.2, 0.25) is 0 Å². The molecule has 0 radical (unpaired) electrons. The summed E-state index contributed by atoms with van der Waals surface area (Å²) in [6, 6.07) is 9.99. The van der Waals surface area contributed by atoms with E-state index in [1.54, 1.807) is 29.0 Å². The molecule has 138 valence electrons. The van der Waals surface area contributed by atoms with Crippen LogP contribution in [0.5, 0.6) is 0 Å². The summed E-state index contributed by atoms with van der Waals surface area (Å²) in [7, 11) is 0. The molecule has 2 aromatic carbocycles. The van der Waals surface area contributed by atoms with Crippen molar-refractivity contribution in [3.63, 3.8) is 0 Å². The third kappa shape index (κ3) is 3.01. The third-order valence-corrected chi connectivity index (χ3v) is 6.81. The molecule has 0 fully saturated rings. The van der Waals surface area contributed by atoms with Crippen LogP contribution in [0.25, 0.3) is 31.7 Å². The molecule has 0 amide bonds. The molecule has 0 bridgehead atoms. The summed E-state index contributed by atoms with van der Waals surface area (Å²) in [5, 5.41) is 5.83. The molecule has 0 atom stereocenters. The topological polar surface area (TPSA) is 63.6 Å². The SMILES string of the molecule is Cc1nc(-c2cc3c(Nc4ccc5scnc5c4)ncnc3cc2Cl)sc1C. The van der Waals surface area contributed by atoms with E-state index in [2.05, 4.69) is 38.2 Å². The summed E-state index contributed by atoms with van der Waals surface area (Å²) in [6.07, 6.45) is 1.54. The number of benzene rings is 2. The Morgan fingerprint density at radius 2 is 1.89 bits per heavy atom. The van der Waals surface area contributed by atoms with E-state index < -0.39 is 0 Å². The first-order valence-corrected chi connectivity index (χ1v) is 10.6. The second-order valence-electron chi connectivity index (χ2n) is 6.39. The van der Waals surface area contributed by atoms with E-state index in [0.717, 1.165) is 48.9 Å². The van der Waals surface area contributed by atoms with E-state index in [1.165, 1.54) is 4.88 Å². The minimum atomic E-state index is 0.634. The fourth-order valence-electron chi connectivity index (χ4n) is 3.00. The second-order valence-corrected chi connectivity index (χ2v) is 8.89. The van der Waals surface area contributed by atoms with Gasteiger partial charge in [-0.25, -0.2) is 19.9 Å². The molecule has 5 aromatic rings. The van der Waals surface area contributed by atoms with E-state index in [9.17, 15) is 0 Å². The van der Waals surface area contributed by atoms with Gasteiger partial charge in [0.25, 0.3) is 0 Å². The number of hydrogen-bond acceptors (Lipinski definition) is 7. The fourth-order valence-corrected chi connectivity index (χ4v) is 4.91. The van der Waals surface area contributed by atoms with Gasteiger partial charge in [0, 0.05) is 21.5 Å². The maximum Gasteiger partial charge on any atom is 0.141 e. The van der Waals surface area contributed by atoms with Crippen LogP contribution in [0, 0.1) is 13.8 Å². The first kappa shape index (κ1) is 17.5. The van der Waals surface area contributed by atoms with Gasteiger partial charge in [0.05, 0.1) is 32.0 Å². The summed E-state index contributed by atoms with van der Waals surface area (Å²) in [4.78, 5) is 19.1. The molecule has 0 aliphatic rings. The van der Waals surface area contributed by atoms with E-state index in [-0.39, 0.29) is 0 Å². The van der Waals surface area contributed by atoms with Crippen molar-refractivity contribution < 1.29 is 0 Å². The molecule has 0 aliphatic heterocycles. The first-order chi connectivity index (χ1) is 13.6. The number of rotatable bonds is 3. The van der Waals surface area contributed by atoms with E-state index in [1.807, 2.05) is 36.7 Å². The molecule has 3 heterocycles. The van der Waals surface area contributed by atoms with Crippen LogP contribution in [0.4, 0.5) is 11.5 Å². The monoisotopic (exact) mass is 423 g/mol. The Kier molecular flexibility index (Phi) is 4.23. The molecule has 0 aliphatic carbocycles. The van der Waals surface area contributed by atoms with Crippen molar-refractivity contribution in [2.24, 2.45) is 0 Å². The minimum absolute atomic E-state index is 0.634. The summed E-state index contributed by atoms with van der Waals surface area (Å²) in [5.74, 6) is 0.725. The summed E-state index contributed by atoms with van der Waals surface area (Å²) in [5.41, 5.74) is 6.44. The van der Waals surface area contributed by atoms with Gasteiger partial charge in [-0.3, -0.25) is 0 Å². The van der Waals surface area contributed by atoms with Crippen molar-refractivity contribution in [2.45, 2.75) is 13.8 Å². The van der Waals surface area contributed by atoms with Gasteiger partial charge in [0.15, 0.2) is 0 Å². The van der Waals surface area contributed by atoms with E-state index in [4.69, 9.17) is 11.6 Å². The molecule has 5 nitrogen and oxygen atoms in total. The zero-order valence-electron chi connectivity index (χ0n) is 15.0. The lowest BCUT2D eigenvalue weighted by atomic mass is 10.1. The molecule has 0 saturated heterocycles. The Bertz CT molecular complexity index is 1320. The van der Waals surface area contributed by atoms with Gasteiger partial charge in [-0.15, -0.1) is 22.7 Å². The Morgan fingerprint density at radius 1 is 1.00 bits per heavy atom. The highest BCUT2D eigenvalue weighted by atomic mass is 35.5. The number of nitrogens with zero attached hydrogens (tertiary/aromatic N) is 4. The van der Waals surface area contributed by atoms with Gasteiger partial charge in [0.1, 0.15) is 17.2 Å². The zero-order valence-corrected chi connectivity index (χ0v) is 17.4. The van der Waals surface area contributed by atoms with E-state index >= 15 is 0 Å². The standard InChI is InChI=1S/C20H14ClN5S2/c1-10-11(2)28-20(25-10)13-6-14-16(7-15(13)21)22-8-23-19(14)26-12-3-4-18-17(5-12)24-9-27-18/h3-9H,1-2H3,(H,22,23,26). The molecular weight excluding hydrogens is 410 g/mol. The molecule has 0 saturated carbocycles. The Labute approximate surface area is 174 Å². The van der Waals surface area contributed by atoms with Crippen LogP contribution in [0.3, 0.4) is 0 Å². The Hall–Kier alpha value is -2.61. The number of aromatic nitrogens is 4. The highest BCUT2D eigenvalue weighted by molar-refractivity contribution is 7.16. The highest BCUT2D eigenvalue weighted by Gasteiger charge is 2.14. The molecular formula is C20H14ClN5S2. The van der Waals surface area contributed by atoms with Gasteiger partial charge in [-0.05, 0) is 44.2 Å². The average Bonchev–Trinajstić information content (AvgIpc) is 3.27. The molecule has 3 aromatic heterocycles. The molecule has 0 unspecified atom stereocenters. The van der Waals surface area contributed by atoms with Crippen molar-refractivity contribution >= 4 is 66.9 Å². The van der Waals surface area contributed by atoms with Crippen LogP contribution < -0.4 is 5.32 Å². The van der Waals surface area contributed by atoms with Crippen LogP contribution in [-0.4, -0.2) is 19.9 Å². The quantitative estimate of drug-likeness (QED) is 0.365. The van der Waals surface area contributed by atoms with Crippen LogP contribution in [0.15, 0.2) is 42.2 Å². The van der Waals surface area contributed by atoms with Crippen molar-refractivity contribution in [3.8, 4) is 10.6 Å². The normalized spacial score (nSPS) is 11.4. The number of nitrogens with one attached hydrogen (secondary N) is 1. The largest absolute Gasteiger partial charge is 0.340 e. The lowest BCUT2D eigenvalue weighted by molar-refractivity contribution is 1.21. The third-order valence-electron chi connectivity index (χ3n) is 4.58. The summed E-state index contributed by atoms with van der Waals surface area (Å²) < 4.78 is 1.15.